The third-order valence-corrected chi connectivity index (χ3v) is 6.04. The van der Waals surface area contributed by atoms with Gasteiger partial charge in [-0.1, -0.05) is 45.0 Å². The van der Waals surface area contributed by atoms with Gasteiger partial charge in [0.15, 0.2) is 0 Å². The lowest BCUT2D eigenvalue weighted by atomic mass is 9.89. The van der Waals surface area contributed by atoms with Crippen LogP contribution in [-0.2, 0) is 10.4 Å². The molecule has 0 saturated carbocycles. The van der Waals surface area contributed by atoms with E-state index in [0.29, 0.717) is 19.1 Å². The highest BCUT2D eigenvalue weighted by Gasteiger charge is 2.45. The molecular formula is C25H32N2O3. The van der Waals surface area contributed by atoms with Crippen molar-refractivity contribution in [2.24, 2.45) is 5.92 Å². The minimum Gasteiger partial charge on any atom is -0.493 e. The normalized spacial score (nSPS) is 23.4. The summed E-state index contributed by atoms with van der Waals surface area (Å²) in [5, 5.41) is 3.71. The van der Waals surface area contributed by atoms with Gasteiger partial charge in [-0.25, -0.2) is 0 Å². The Morgan fingerprint density at radius 2 is 1.97 bits per heavy atom. The van der Waals surface area contributed by atoms with Crippen molar-refractivity contribution in [3.63, 3.8) is 0 Å². The fraction of sp³-hybridized carbons (Fsp3) is 0.480. The molecule has 0 bridgehead atoms. The SMILES string of the molecule is CCC1(c2ccc(OCC(C)C)cc2)Nc2ccccc2C(=O)N1CC1CCCO1. The van der Waals surface area contributed by atoms with Crippen molar-refractivity contribution in [2.75, 3.05) is 25.1 Å². The topological polar surface area (TPSA) is 50.8 Å². The van der Waals surface area contributed by atoms with Crippen LogP contribution in [0.4, 0.5) is 5.69 Å². The minimum absolute atomic E-state index is 0.0573. The molecule has 5 heteroatoms. The van der Waals surface area contributed by atoms with Gasteiger partial charge in [0.2, 0.25) is 0 Å². The van der Waals surface area contributed by atoms with Gasteiger partial charge in [-0.3, -0.25) is 4.79 Å². The lowest BCUT2D eigenvalue weighted by molar-refractivity contribution is 0.0187. The molecule has 2 aromatic carbocycles. The molecular weight excluding hydrogens is 376 g/mol. The molecule has 30 heavy (non-hydrogen) atoms. The van der Waals surface area contributed by atoms with Gasteiger partial charge in [0.05, 0.1) is 18.3 Å². The number of fused-ring (bicyclic) bond motifs is 1. The summed E-state index contributed by atoms with van der Waals surface area (Å²) >= 11 is 0. The molecule has 160 valence electrons. The van der Waals surface area contributed by atoms with Gasteiger partial charge in [0.1, 0.15) is 11.4 Å². The molecule has 0 aliphatic carbocycles. The van der Waals surface area contributed by atoms with E-state index >= 15 is 0 Å². The van der Waals surface area contributed by atoms with Crippen molar-refractivity contribution in [3.8, 4) is 5.75 Å². The number of nitrogens with zero attached hydrogens (tertiary/aromatic N) is 1. The first-order valence-corrected chi connectivity index (χ1v) is 11.1. The van der Waals surface area contributed by atoms with E-state index < -0.39 is 5.66 Å². The Balaban J connectivity index is 1.70. The van der Waals surface area contributed by atoms with Gasteiger partial charge in [-0.15, -0.1) is 0 Å². The molecule has 2 aliphatic heterocycles. The number of para-hydroxylation sites is 1. The molecule has 2 atom stereocenters. The van der Waals surface area contributed by atoms with Crippen molar-refractivity contribution in [1.82, 2.24) is 4.90 Å². The fourth-order valence-corrected chi connectivity index (χ4v) is 4.42. The number of benzene rings is 2. The summed E-state index contributed by atoms with van der Waals surface area (Å²) in [6, 6.07) is 15.9. The molecule has 0 spiro atoms. The smallest absolute Gasteiger partial charge is 0.258 e. The lowest BCUT2D eigenvalue weighted by Crippen LogP contribution is -2.59. The lowest BCUT2D eigenvalue weighted by Gasteiger charge is -2.49. The van der Waals surface area contributed by atoms with Crippen molar-refractivity contribution in [3.05, 3.63) is 59.7 Å². The summed E-state index contributed by atoms with van der Waals surface area (Å²) in [5.74, 6) is 1.39. The van der Waals surface area contributed by atoms with E-state index in [0.717, 1.165) is 48.4 Å². The summed E-state index contributed by atoms with van der Waals surface area (Å²) < 4.78 is 11.8. The molecule has 0 aromatic heterocycles. The highest BCUT2D eigenvalue weighted by molar-refractivity contribution is 6.02. The predicted molar refractivity (Wildman–Crippen MR) is 119 cm³/mol. The molecule has 5 nitrogen and oxygen atoms in total. The second-order valence-electron chi connectivity index (χ2n) is 8.66. The van der Waals surface area contributed by atoms with Crippen LogP contribution in [0.5, 0.6) is 5.75 Å². The van der Waals surface area contributed by atoms with Crippen molar-refractivity contribution in [1.29, 1.82) is 0 Å². The molecule has 1 amide bonds. The Kier molecular flexibility index (Phi) is 6.00. The number of carbonyl (C=O) groups is 1. The molecule has 2 unspecified atom stereocenters. The molecule has 2 aromatic rings. The zero-order chi connectivity index (χ0) is 21.1. The van der Waals surface area contributed by atoms with Crippen LogP contribution >= 0.6 is 0 Å². The number of amides is 1. The summed E-state index contributed by atoms with van der Waals surface area (Å²) in [4.78, 5) is 15.6. The van der Waals surface area contributed by atoms with Crippen LogP contribution in [0.15, 0.2) is 48.5 Å². The Morgan fingerprint density at radius 1 is 1.20 bits per heavy atom. The van der Waals surface area contributed by atoms with Gasteiger partial charge in [-0.05, 0) is 55.0 Å². The maximum absolute atomic E-state index is 13.6. The monoisotopic (exact) mass is 408 g/mol. The number of hydrogen-bond acceptors (Lipinski definition) is 4. The van der Waals surface area contributed by atoms with Crippen LogP contribution in [0, 0.1) is 5.92 Å². The van der Waals surface area contributed by atoms with Gasteiger partial charge in [-0.2, -0.15) is 0 Å². The van der Waals surface area contributed by atoms with Crippen LogP contribution in [-0.4, -0.2) is 36.7 Å². The number of anilines is 1. The standard InChI is InChI=1S/C25H32N2O3/c1-4-25(19-11-13-20(14-12-19)30-17-18(2)3)26-23-10-6-5-9-22(23)24(28)27(25)16-21-8-7-15-29-21/h5-6,9-14,18,21,26H,4,7-8,15-17H2,1-3H3. The molecule has 2 aliphatic rings. The highest BCUT2D eigenvalue weighted by atomic mass is 16.5. The maximum atomic E-state index is 13.6. The highest BCUT2D eigenvalue weighted by Crippen LogP contribution is 2.41. The van der Waals surface area contributed by atoms with E-state index in [9.17, 15) is 4.79 Å². The maximum Gasteiger partial charge on any atom is 0.258 e. The van der Waals surface area contributed by atoms with Gasteiger partial charge >= 0.3 is 0 Å². The Bertz CT molecular complexity index is 874. The third kappa shape index (κ3) is 3.91. The molecule has 1 fully saturated rings. The molecule has 2 heterocycles. The van der Waals surface area contributed by atoms with Gasteiger partial charge < -0.3 is 19.7 Å². The van der Waals surface area contributed by atoms with Crippen LogP contribution in [0.3, 0.4) is 0 Å². The number of ether oxygens (including phenoxy) is 2. The van der Waals surface area contributed by atoms with Crippen LogP contribution in [0.25, 0.3) is 0 Å². The number of rotatable bonds is 7. The Labute approximate surface area is 179 Å². The first kappa shape index (κ1) is 20.7. The minimum atomic E-state index is -0.617. The van der Waals surface area contributed by atoms with E-state index in [1.165, 1.54) is 0 Å². The average Bonchev–Trinajstić information content (AvgIpc) is 3.28. The number of carbonyl (C=O) groups excluding carboxylic acids is 1. The fourth-order valence-electron chi connectivity index (χ4n) is 4.42. The van der Waals surface area contributed by atoms with E-state index in [1.807, 2.05) is 41.3 Å². The first-order valence-electron chi connectivity index (χ1n) is 11.1. The van der Waals surface area contributed by atoms with Crippen LogP contribution in [0.1, 0.15) is 56.0 Å². The number of hydrogen-bond donors (Lipinski definition) is 1. The largest absolute Gasteiger partial charge is 0.493 e. The zero-order valence-corrected chi connectivity index (χ0v) is 18.2. The van der Waals surface area contributed by atoms with Crippen LogP contribution in [0.2, 0.25) is 0 Å². The second-order valence-corrected chi connectivity index (χ2v) is 8.66. The molecule has 1 saturated heterocycles. The predicted octanol–water partition coefficient (Wildman–Crippen LogP) is 5.03. The Hall–Kier alpha value is -2.53. The number of nitrogens with one attached hydrogen (secondary N) is 1. The van der Waals surface area contributed by atoms with Crippen LogP contribution < -0.4 is 10.1 Å². The van der Waals surface area contributed by atoms with E-state index in [-0.39, 0.29) is 12.0 Å². The average molecular weight is 409 g/mol. The van der Waals surface area contributed by atoms with Crippen molar-refractivity contribution < 1.29 is 14.3 Å². The Morgan fingerprint density at radius 3 is 2.63 bits per heavy atom. The molecule has 4 rings (SSSR count). The van der Waals surface area contributed by atoms with Crippen molar-refractivity contribution in [2.45, 2.75) is 51.8 Å². The second kappa shape index (κ2) is 8.68. The quantitative estimate of drug-likeness (QED) is 0.698. The van der Waals surface area contributed by atoms with E-state index in [1.54, 1.807) is 0 Å². The third-order valence-electron chi connectivity index (χ3n) is 6.04. The van der Waals surface area contributed by atoms with Gasteiger partial charge in [0, 0.05) is 18.8 Å². The zero-order valence-electron chi connectivity index (χ0n) is 18.2. The summed E-state index contributed by atoms with van der Waals surface area (Å²) in [7, 11) is 0. The molecule has 1 N–H and O–H groups in total. The summed E-state index contributed by atoms with van der Waals surface area (Å²) in [6.07, 6.45) is 2.87. The molecule has 0 radical (unpaired) electrons. The summed E-state index contributed by atoms with van der Waals surface area (Å²) in [5.41, 5.74) is 2.04. The summed E-state index contributed by atoms with van der Waals surface area (Å²) in [6.45, 7) is 8.45. The van der Waals surface area contributed by atoms with Crippen molar-refractivity contribution >= 4 is 11.6 Å². The first-order chi connectivity index (χ1) is 14.5. The van der Waals surface area contributed by atoms with E-state index in [2.05, 4.69) is 38.2 Å². The van der Waals surface area contributed by atoms with E-state index in [4.69, 9.17) is 9.47 Å². The van der Waals surface area contributed by atoms with Gasteiger partial charge in [0.25, 0.3) is 5.91 Å².